The van der Waals surface area contributed by atoms with Gasteiger partial charge in [0.2, 0.25) is 5.91 Å². The van der Waals surface area contributed by atoms with Crippen LogP contribution in [0.2, 0.25) is 10.0 Å². The van der Waals surface area contributed by atoms with Gasteiger partial charge in [0.25, 0.3) is 11.6 Å². The number of nitrogens with zero attached hydrogens (tertiary/aromatic N) is 2. The molecule has 0 aliphatic carbocycles. The van der Waals surface area contributed by atoms with Crippen LogP contribution in [-0.2, 0) is 4.79 Å². The first-order chi connectivity index (χ1) is 12.2. The maximum atomic E-state index is 12.4. The monoisotopic (exact) mass is 395 g/mol. The number of nitro groups is 1. The highest BCUT2D eigenvalue weighted by atomic mass is 35.5. The Morgan fingerprint density at radius 1 is 1.15 bits per heavy atom. The summed E-state index contributed by atoms with van der Waals surface area (Å²) in [5, 5.41) is 14.2. The van der Waals surface area contributed by atoms with E-state index >= 15 is 0 Å². The zero-order chi connectivity index (χ0) is 19.4. The molecule has 0 aromatic heterocycles. The Kier molecular flexibility index (Phi) is 6.18. The van der Waals surface area contributed by atoms with E-state index in [0.717, 1.165) is 0 Å². The minimum atomic E-state index is -0.552. The molecule has 0 heterocycles. The molecule has 2 rings (SSSR count). The van der Waals surface area contributed by atoms with Gasteiger partial charge in [-0.05, 0) is 31.2 Å². The third kappa shape index (κ3) is 4.71. The van der Waals surface area contributed by atoms with E-state index in [-0.39, 0.29) is 17.8 Å². The summed E-state index contributed by atoms with van der Waals surface area (Å²) in [5.74, 6) is -0.946. The molecule has 7 nitrogen and oxygen atoms in total. The van der Waals surface area contributed by atoms with Crippen molar-refractivity contribution < 1.29 is 14.5 Å². The first kappa shape index (κ1) is 19.7. The fraction of sp³-hybridized carbons (Fsp3) is 0.176. The number of benzene rings is 2. The van der Waals surface area contributed by atoms with Crippen LogP contribution in [0.1, 0.15) is 15.9 Å². The molecule has 9 heteroatoms. The van der Waals surface area contributed by atoms with Crippen LogP contribution in [0, 0.1) is 17.0 Å². The number of nitro benzene ring substituents is 1. The summed E-state index contributed by atoms with van der Waals surface area (Å²) < 4.78 is 0. The van der Waals surface area contributed by atoms with Gasteiger partial charge in [0.15, 0.2) is 0 Å². The number of carbonyl (C=O) groups is 2. The van der Waals surface area contributed by atoms with Gasteiger partial charge >= 0.3 is 0 Å². The van der Waals surface area contributed by atoms with Crippen molar-refractivity contribution in [3.8, 4) is 0 Å². The normalized spacial score (nSPS) is 10.3. The summed E-state index contributed by atoms with van der Waals surface area (Å²) in [4.78, 5) is 36.1. The lowest BCUT2D eigenvalue weighted by molar-refractivity contribution is -0.385. The second kappa shape index (κ2) is 8.16. The number of hydrogen-bond acceptors (Lipinski definition) is 4. The maximum Gasteiger partial charge on any atom is 0.273 e. The quantitative estimate of drug-likeness (QED) is 0.613. The van der Waals surface area contributed by atoms with E-state index in [1.165, 1.54) is 36.2 Å². The van der Waals surface area contributed by atoms with Crippen LogP contribution in [-0.4, -0.2) is 35.2 Å². The molecule has 2 amide bonds. The Morgan fingerprint density at radius 3 is 2.46 bits per heavy atom. The molecule has 2 aromatic rings. The average molecular weight is 396 g/mol. The molecule has 0 atom stereocenters. The van der Waals surface area contributed by atoms with Gasteiger partial charge in [-0.1, -0.05) is 29.3 Å². The van der Waals surface area contributed by atoms with Crippen LogP contribution in [0.15, 0.2) is 36.4 Å². The van der Waals surface area contributed by atoms with Crippen molar-refractivity contribution in [2.24, 2.45) is 0 Å². The smallest absolute Gasteiger partial charge is 0.273 e. The van der Waals surface area contributed by atoms with Crippen molar-refractivity contribution in [3.05, 3.63) is 67.7 Å². The third-order valence-electron chi connectivity index (χ3n) is 3.58. The predicted octanol–water partition coefficient (Wildman–Crippen LogP) is 3.92. The van der Waals surface area contributed by atoms with E-state index in [2.05, 4.69) is 5.32 Å². The van der Waals surface area contributed by atoms with Gasteiger partial charge < -0.3 is 10.2 Å². The van der Waals surface area contributed by atoms with Crippen molar-refractivity contribution >= 4 is 46.4 Å². The standard InChI is InChI=1S/C17H15Cl2N3O4/c1-10-3-4-11(7-15(10)22(25)26)17(24)21(2)9-16(23)20-12-5-6-13(18)14(19)8-12/h3-8H,9H2,1-2H3,(H,20,23). The Labute approximate surface area is 159 Å². The van der Waals surface area contributed by atoms with E-state index < -0.39 is 16.7 Å². The molecule has 0 unspecified atom stereocenters. The second-order valence-corrected chi connectivity index (χ2v) is 6.41. The Bertz CT molecular complexity index is 886. The number of amides is 2. The van der Waals surface area contributed by atoms with Gasteiger partial charge in [-0.2, -0.15) is 0 Å². The Balaban J connectivity index is 2.06. The lowest BCUT2D eigenvalue weighted by Crippen LogP contribution is -2.35. The molecule has 1 N–H and O–H groups in total. The molecule has 0 aliphatic rings. The van der Waals surface area contributed by atoms with E-state index in [9.17, 15) is 19.7 Å². The number of carbonyl (C=O) groups excluding carboxylic acids is 2. The zero-order valence-electron chi connectivity index (χ0n) is 14.0. The van der Waals surface area contributed by atoms with Crippen LogP contribution in [0.5, 0.6) is 0 Å². The predicted molar refractivity (Wildman–Crippen MR) is 99.9 cm³/mol. The zero-order valence-corrected chi connectivity index (χ0v) is 15.5. The van der Waals surface area contributed by atoms with Gasteiger partial charge in [-0.15, -0.1) is 0 Å². The van der Waals surface area contributed by atoms with Gasteiger partial charge in [0, 0.05) is 29.9 Å². The lowest BCUT2D eigenvalue weighted by atomic mass is 10.1. The summed E-state index contributed by atoms with van der Waals surface area (Å²) in [6.07, 6.45) is 0. The van der Waals surface area contributed by atoms with E-state index in [4.69, 9.17) is 23.2 Å². The summed E-state index contributed by atoms with van der Waals surface area (Å²) in [7, 11) is 1.43. The van der Waals surface area contributed by atoms with E-state index in [1.54, 1.807) is 19.1 Å². The minimum absolute atomic E-state index is 0.132. The van der Waals surface area contributed by atoms with Crippen molar-refractivity contribution in [2.45, 2.75) is 6.92 Å². The number of rotatable bonds is 5. The number of halogens is 2. The molecule has 0 fully saturated rings. The Morgan fingerprint density at radius 2 is 1.85 bits per heavy atom. The molecular weight excluding hydrogens is 381 g/mol. The van der Waals surface area contributed by atoms with Crippen LogP contribution in [0.4, 0.5) is 11.4 Å². The van der Waals surface area contributed by atoms with E-state index in [0.29, 0.717) is 21.3 Å². The molecule has 0 aliphatic heterocycles. The topological polar surface area (TPSA) is 92.6 Å². The van der Waals surface area contributed by atoms with Crippen LogP contribution < -0.4 is 5.32 Å². The molecule has 0 radical (unpaired) electrons. The summed E-state index contributed by atoms with van der Waals surface area (Å²) >= 11 is 11.7. The highest BCUT2D eigenvalue weighted by Gasteiger charge is 2.19. The SMILES string of the molecule is Cc1ccc(C(=O)N(C)CC(=O)Nc2ccc(Cl)c(Cl)c2)cc1[N+](=O)[O-]. The third-order valence-corrected chi connectivity index (χ3v) is 4.32. The fourth-order valence-corrected chi connectivity index (χ4v) is 2.52. The van der Waals surface area contributed by atoms with Gasteiger partial charge in [-0.3, -0.25) is 19.7 Å². The van der Waals surface area contributed by atoms with Gasteiger partial charge in [0.1, 0.15) is 0 Å². The Hall–Kier alpha value is -2.64. The highest BCUT2D eigenvalue weighted by molar-refractivity contribution is 6.42. The summed E-state index contributed by atoms with van der Waals surface area (Å²) in [6.45, 7) is 1.35. The van der Waals surface area contributed by atoms with Crippen LogP contribution in [0.3, 0.4) is 0 Å². The van der Waals surface area contributed by atoms with E-state index in [1.807, 2.05) is 0 Å². The van der Waals surface area contributed by atoms with Crippen molar-refractivity contribution in [2.75, 3.05) is 18.9 Å². The highest BCUT2D eigenvalue weighted by Crippen LogP contribution is 2.25. The number of likely N-dealkylation sites (N-methyl/N-ethyl adjacent to an activating group) is 1. The molecule has 0 saturated heterocycles. The molecule has 0 spiro atoms. The van der Waals surface area contributed by atoms with Crippen molar-refractivity contribution in [1.29, 1.82) is 0 Å². The van der Waals surface area contributed by atoms with Gasteiger partial charge in [0.05, 0.1) is 21.5 Å². The number of anilines is 1. The molecule has 2 aromatic carbocycles. The second-order valence-electron chi connectivity index (χ2n) is 5.60. The number of nitrogens with one attached hydrogen (secondary N) is 1. The number of hydrogen-bond donors (Lipinski definition) is 1. The maximum absolute atomic E-state index is 12.4. The molecule has 136 valence electrons. The summed E-state index contributed by atoms with van der Waals surface area (Å²) in [6, 6.07) is 8.79. The minimum Gasteiger partial charge on any atom is -0.332 e. The molecule has 0 bridgehead atoms. The van der Waals surface area contributed by atoms with Crippen molar-refractivity contribution in [1.82, 2.24) is 4.90 Å². The van der Waals surface area contributed by atoms with Crippen LogP contribution in [0.25, 0.3) is 0 Å². The molecule has 26 heavy (non-hydrogen) atoms. The molecular formula is C17H15Cl2N3O4. The van der Waals surface area contributed by atoms with Gasteiger partial charge in [-0.25, -0.2) is 0 Å². The summed E-state index contributed by atoms with van der Waals surface area (Å²) in [5.41, 5.74) is 0.874. The van der Waals surface area contributed by atoms with Crippen LogP contribution >= 0.6 is 23.2 Å². The first-order valence-corrected chi connectivity index (χ1v) is 8.20. The number of aryl methyl sites for hydroxylation is 1. The van der Waals surface area contributed by atoms with Crippen molar-refractivity contribution in [3.63, 3.8) is 0 Å². The molecule has 0 saturated carbocycles. The fourth-order valence-electron chi connectivity index (χ4n) is 2.22. The average Bonchev–Trinajstić information content (AvgIpc) is 2.57. The lowest BCUT2D eigenvalue weighted by Gasteiger charge is -2.17. The first-order valence-electron chi connectivity index (χ1n) is 7.44. The largest absolute Gasteiger partial charge is 0.332 e.